The van der Waals surface area contributed by atoms with Crippen LogP contribution in [-0.4, -0.2) is 62.1 Å². The van der Waals surface area contributed by atoms with E-state index in [4.69, 9.17) is 10.2 Å². The van der Waals surface area contributed by atoms with E-state index in [0.717, 1.165) is 30.5 Å². The minimum absolute atomic E-state index is 0.0426. The maximum absolute atomic E-state index is 12.6. The van der Waals surface area contributed by atoms with Crippen molar-refractivity contribution in [2.45, 2.75) is 43.9 Å². The number of nitrogens with one attached hydrogen (secondary N) is 1. The molecule has 1 amide bonds. The smallest absolute Gasteiger partial charge is 0.274 e. The number of hydrogen-bond donors (Lipinski definition) is 2. The number of amides is 1. The maximum Gasteiger partial charge on any atom is 0.274 e. The summed E-state index contributed by atoms with van der Waals surface area (Å²) in [5, 5.41) is 22.8. The topological polar surface area (TPSA) is 118 Å². The fraction of sp³-hybridized carbons (Fsp3) is 0.375. The van der Waals surface area contributed by atoms with E-state index < -0.39 is 5.91 Å². The molecule has 0 spiro atoms. The molecule has 0 unspecified atom stereocenters. The van der Waals surface area contributed by atoms with Crippen LogP contribution in [0.5, 0.6) is 5.75 Å². The van der Waals surface area contributed by atoms with Gasteiger partial charge in [0.25, 0.3) is 5.91 Å². The highest BCUT2D eigenvalue weighted by Gasteiger charge is 2.48. The van der Waals surface area contributed by atoms with Crippen LogP contribution >= 0.6 is 0 Å². The van der Waals surface area contributed by atoms with Gasteiger partial charge in [-0.15, -0.1) is 0 Å². The third-order valence-electron chi connectivity index (χ3n) is 6.91. The molecule has 1 saturated carbocycles. The largest absolute Gasteiger partial charge is 0.505 e. The molecule has 5 heterocycles. The number of pyridine rings is 3. The van der Waals surface area contributed by atoms with E-state index in [0.29, 0.717) is 28.7 Å². The SMILES string of the molecule is N#Cc1ccc(CNC(=O)c2ncc3nc(N4C[C@@H]5C[C@H]4CN5C4CC4)ccc3c2O)cn1. The van der Waals surface area contributed by atoms with Crippen LogP contribution < -0.4 is 10.2 Å². The first-order valence-electron chi connectivity index (χ1n) is 11.2. The molecule has 0 aromatic carbocycles. The number of fused-ring (bicyclic) bond motifs is 3. The molecule has 2 bridgehead atoms. The predicted octanol–water partition coefficient (Wildman–Crippen LogP) is 1.96. The van der Waals surface area contributed by atoms with E-state index in [2.05, 4.69) is 25.1 Å². The number of nitrogens with zero attached hydrogens (tertiary/aromatic N) is 6. The van der Waals surface area contributed by atoms with Gasteiger partial charge < -0.3 is 15.3 Å². The molecule has 9 heteroatoms. The van der Waals surface area contributed by atoms with Gasteiger partial charge in [0, 0.05) is 49.3 Å². The lowest BCUT2D eigenvalue weighted by Crippen LogP contribution is -2.47. The Hall–Kier alpha value is -3.77. The van der Waals surface area contributed by atoms with Gasteiger partial charge in [0.1, 0.15) is 17.6 Å². The fourth-order valence-electron chi connectivity index (χ4n) is 5.10. The lowest BCUT2D eigenvalue weighted by Gasteiger charge is -2.35. The summed E-state index contributed by atoms with van der Waals surface area (Å²) in [6.45, 7) is 2.31. The third kappa shape index (κ3) is 3.52. The Labute approximate surface area is 190 Å². The summed E-state index contributed by atoms with van der Waals surface area (Å²) in [5.74, 6) is 0.238. The van der Waals surface area contributed by atoms with Gasteiger partial charge in [-0.05, 0) is 43.0 Å². The molecule has 9 nitrogen and oxygen atoms in total. The predicted molar refractivity (Wildman–Crippen MR) is 121 cm³/mol. The van der Waals surface area contributed by atoms with Crippen LogP contribution in [0.15, 0.2) is 36.7 Å². The molecule has 2 N–H and O–H groups in total. The van der Waals surface area contributed by atoms with Crippen molar-refractivity contribution in [3.05, 3.63) is 53.6 Å². The molecule has 3 fully saturated rings. The molecule has 3 aromatic heterocycles. The second kappa shape index (κ2) is 7.67. The van der Waals surface area contributed by atoms with E-state index in [1.807, 2.05) is 18.2 Å². The number of rotatable bonds is 5. The molecule has 1 aliphatic carbocycles. The summed E-state index contributed by atoms with van der Waals surface area (Å²) >= 11 is 0. The average Bonchev–Trinajstić information content (AvgIpc) is 3.50. The molecule has 166 valence electrons. The van der Waals surface area contributed by atoms with Gasteiger partial charge in [-0.3, -0.25) is 9.69 Å². The number of hydrogen-bond acceptors (Lipinski definition) is 8. The van der Waals surface area contributed by atoms with E-state index >= 15 is 0 Å². The number of anilines is 1. The minimum Gasteiger partial charge on any atom is -0.505 e. The Morgan fingerprint density at radius 1 is 1.12 bits per heavy atom. The van der Waals surface area contributed by atoms with Crippen molar-refractivity contribution in [3.63, 3.8) is 0 Å². The second-order valence-electron chi connectivity index (χ2n) is 9.03. The summed E-state index contributed by atoms with van der Waals surface area (Å²) in [5.41, 5.74) is 1.58. The van der Waals surface area contributed by atoms with Crippen LogP contribution in [0.3, 0.4) is 0 Å². The number of nitriles is 1. The molecule has 6 rings (SSSR count). The van der Waals surface area contributed by atoms with Crippen molar-refractivity contribution >= 4 is 22.6 Å². The second-order valence-corrected chi connectivity index (χ2v) is 9.03. The zero-order chi connectivity index (χ0) is 22.5. The van der Waals surface area contributed by atoms with Crippen molar-refractivity contribution in [1.82, 2.24) is 25.2 Å². The van der Waals surface area contributed by atoms with Gasteiger partial charge in [-0.2, -0.15) is 5.26 Å². The van der Waals surface area contributed by atoms with Gasteiger partial charge in [-0.1, -0.05) is 6.07 Å². The maximum atomic E-state index is 12.6. The van der Waals surface area contributed by atoms with Crippen molar-refractivity contribution < 1.29 is 9.90 Å². The Kier molecular flexibility index (Phi) is 4.62. The van der Waals surface area contributed by atoms with Crippen LogP contribution in [0, 0.1) is 11.3 Å². The molecule has 3 aromatic rings. The summed E-state index contributed by atoms with van der Waals surface area (Å²) < 4.78 is 0. The first-order valence-corrected chi connectivity index (χ1v) is 11.2. The minimum atomic E-state index is -0.486. The molecule has 2 aliphatic heterocycles. The van der Waals surface area contributed by atoms with Crippen molar-refractivity contribution in [2.24, 2.45) is 0 Å². The molecular weight excluding hydrogens is 418 g/mol. The fourth-order valence-corrected chi connectivity index (χ4v) is 5.10. The van der Waals surface area contributed by atoms with Crippen molar-refractivity contribution in [3.8, 4) is 11.8 Å². The number of aromatic nitrogens is 3. The number of carbonyl (C=O) groups is 1. The van der Waals surface area contributed by atoms with E-state index in [1.165, 1.54) is 25.5 Å². The van der Waals surface area contributed by atoms with E-state index in [9.17, 15) is 9.90 Å². The molecule has 3 aliphatic rings. The van der Waals surface area contributed by atoms with Crippen molar-refractivity contribution in [1.29, 1.82) is 5.26 Å². The van der Waals surface area contributed by atoms with Crippen LogP contribution in [0.2, 0.25) is 0 Å². The van der Waals surface area contributed by atoms with Gasteiger partial charge >= 0.3 is 0 Å². The van der Waals surface area contributed by atoms with Crippen LogP contribution in [0.4, 0.5) is 5.82 Å². The summed E-state index contributed by atoms with van der Waals surface area (Å²) in [4.78, 5) is 30.6. The van der Waals surface area contributed by atoms with E-state index in [1.54, 1.807) is 18.3 Å². The highest BCUT2D eigenvalue weighted by Crippen LogP contribution is 2.41. The van der Waals surface area contributed by atoms with Gasteiger partial charge in [0.15, 0.2) is 11.4 Å². The number of carbonyl (C=O) groups excluding carboxylic acids is 1. The van der Waals surface area contributed by atoms with Gasteiger partial charge in [-0.25, -0.2) is 15.0 Å². The molecule has 2 saturated heterocycles. The van der Waals surface area contributed by atoms with E-state index in [-0.39, 0.29) is 18.0 Å². The molecule has 33 heavy (non-hydrogen) atoms. The standard InChI is InChI=1S/C24H23N7O2/c25-8-15-2-1-14(9-26-15)10-28-24(33)22-23(32)19-5-6-21(29-20(19)11-27-22)31-13-17-7-18(31)12-30(17)16-3-4-16/h1-2,5-6,9,11,16-18,32H,3-4,7,10,12-13H2,(H,28,33)/t17-,18-/m0/s1. The molecular formula is C24H23N7O2. The quantitative estimate of drug-likeness (QED) is 0.617. The lowest BCUT2D eigenvalue weighted by atomic mass is 10.2. The number of piperazine rings is 1. The Morgan fingerprint density at radius 3 is 2.70 bits per heavy atom. The van der Waals surface area contributed by atoms with Gasteiger partial charge in [0.05, 0.1) is 11.7 Å². The zero-order valence-electron chi connectivity index (χ0n) is 18.0. The number of likely N-dealkylation sites (tertiary alicyclic amines) is 1. The zero-order valence-corrected chi connectivity index (χ0v) is 18.0. The molecule has 0 radical (unpaired) electrons. The van der Waals surface area contributed by atoms with Gasteiger partial charge in [0.2, 0.25) is 0 Å². The first-order chi connectivity index (χ1) is 16.1. The molecule has 2 atom stereocenters. The summed E-state index contributed by atoms with van der Waals surface area (Å²) in [7, 11) is 0. The number of aromatic hydroxyl groups is 1. The Bertz CT molecular complexity index is 1280. The Morgan fingerprint density at radius 2 is 2.00 bits per heavy atom. The normalized spacial score (nSPS) is 22.0. The van der Waals surface area contributed by atoms with Crippen LogP contribution in [0.1, 0.15) is 41.0 Å². The van der Waals surface area contributed by atoms with Crippen molar-refractivity contribution in [2.75, 3.05) is 18.0 Å². The van der Waals surface area contributed by atoms with Crippen LogP contribution in [-0.2, 0) is 6.54 Å². The average molecular weight is 441 g/mol. The lowest BCUT2D eigenvalue weighted by molar-refractivity contribution is 0.0943. The van der Waals surface area contributed by atoms with Crippen LogP contribution in [0.25, 0.3) is 10.9 Å². The Balaban J connectivity index is 1.17. The summed E-state index contributed by atoms with van der Waals surface area (Å²) in [6.07, 6.45) is 6.94. The summed E-state index contributed by atoms with van der Waals surface area (Å²) in [6, 6.07) is 10.9. The highest BCUT2D eigenvalue weighted by molar-refractivity contribution is 6.00. The first kappa shape index (κ1) is 19.9. The monoisotopic (exact) mass is 441 g/mol. The third-order valence-corrected chi connectivity index (χ3v) is 6.91. The highest BCUT2D eigenvalue weighted by atomic mass is 16.3.